The number of methoxy groups -OCH3 is 2. The molecule has 0 aliphatic carbocycles. The maximum atomic E-state index is 12.1. The second kappa shape index (κ2) is 20.0. The highest BCUT2D eigenvalue weighted by atomic mass is 16.5. The average molecular weight is 576 g/mol. The quantitative estimate of drug-likeness (QED) is 0.133. The third-order valence-corrected chi connectivity index (χ3v) is 5.63. The van der Waals surface area contributed by atoms with Crippen LogP contribution in [0.25, 0.3) is 0 Å². The number of aliphatic carboxylic acids is 2. The Hall–Kier alpha value is -3.93. The molecule has 0 radical (unpaired) electrons. The Morgan fingerprint density at radius 2 is 1.71 bits per heavy atom. The third kappa shape index (κ3) is 14.3. The van der Waals surface area contributed by atoms with Gasteiger partial charge in [-0.05, 0) is 48.4 Å². The molecule has 0 bridgehead atoms. The molecule has 0 spiro atoms. The van der Waals surface area contributed by atoms with E-state index in [0.29, 0.717) is 61.1 Å². The smallest absolute Gasteiger partial charge is 0.328 e. The number of rotatable bonds is 18. The van der Waals surface area contributed by atoms with Crippen LogP contribution < -0.4 is 24.6 Å². The van der Waals surface area contributed by atoms with Gasteiger partial charge in [0, 0.05) is 36.7 Å². The number of carboxylic acids is 2. The lowest BCUT2D eigenvalue weighted by atomic mass is 10.1. The van der Waals surface area contributed by atoms with Crippen LogP contribution in [0.2, 0.25) is 0 Å². The highest BCUT2D eigenvalue weighted by Crippen LogP contribution is 2.27. The van der Waals surface area contributed by atoms with Gasteiger partial charge in [0.05, 0.1) is 33.3 Å². The van der Waals surface area contributed by atoms with E-state index < -0.39 is 18.0 Å². The first-order chi connectivity index (χ1) is 19.6. The molecule has 226 valence electrons. The van der Waals surface area contributed by atoms with Crippen molar-refractivity contribution >= 4 is 17.7 Å². The zero-order valence-electron chi connectivity index (χ0n) is 24.1. The summed E-state index contributed by atoms with van der Waals surface area (Å²) in [7, 11) is 3.25. The lowest BCUT2D eigenvalue weighted by Crippen LogP contribution is -2.87. The molecular weight excluding hydrogens is 534 g/mol. The van der Waals surface area contributed by atoms with Gasteiger partial charge in [0.2, 0.25) is 0 Å². The molecule has 0 aliphatic heterocycles. The average Bonchev–Trinajstić information content (AvgIpc) is 2.97. The Balaban J connectivity index is 0.000000915. The zero-order valence-corrected chi connectivity index (χ0v) is 24.1. The van der Waals surface area contributed by atoms with Crippen molar-refractivity contribution in [3.63, 3.8) is 0 Å². The monoisotopic (exact) mass is 575 g/mol. The van der Waals surface area contributed by atoms with Crippen LogP contribution >= 0.6 is 0 Å². The summed E-state index contributed by atoms with van der Waals surface area (Å²) in [4.78, 5) is 31.0. The summed E-state index contributed by atoms with van der Waals surface area (Å²) in [5.41, 5.74) is 2.63. The van der Waals surface area contributed by atoms with E-state index in [0.717, 1.165) is 30.5 Å². The Kier molecular flexibility index (Phi) is 17.1. The molecule has 0 amide bonds. The maximum absolute atomic E-state index is 12.1. The summed E-state index contributed by atoms with van der Waals surface area (Å²) in [6.45, 7) is 6.45. The SMILES string of the molecule is CCCOCc1cc(C(=O)CC)ccc1OCC(O)C[NH2+]CCc1ccc(OC)c(OC)c1.O=C([O-])/C=C/C(=O)O. The summed E-state index contributed by atoms with van der Waals surface area (Å²) >= 11 is 0. The second-order valence-electron chi connectivity index (χ2n) is 8.86. The number of hydrogen-bond donors (Lipinski definition) is 3. The summed E-state index contributed by atoms with van der Waals surface area (Å²) < 4.78 is 22.1. The highest BCUT2D eigenvalue weighted by Gasteiger charge is 2.13. The number of ether oxygens (including phenoxy) is 4. The normalized spacial score (nSPS) is 11.3. The van der Waals surface area contributed by atoms with E-state index in [1.54, 1.807) is 26.4 Å². The van der Waals surface area contributed by atoms with E-state index >= 15 is 0 Å². The topological polar surface area (TPSA) is 168 Å². The predicted molar refractivity (Wildman–Crippen MR) is 149 cm³/mol. The van der Waals surface area contributed by atoms with Gasteiger partial charge in [-0.3, -0.25) is 4.79 Å². The molecule has 2 aromatic carbocycles. The first-order valence-corrected chi connectivity index (χ1v) is 13.3. The molecule has 0 fully saturated rings. The van der Waals surface area contributed by atoms with Crippen molar-refractivity contribution < 1.29 is 54.0 Å². The number of Topliss-reactive ketones (excluding diaryl/α,β-unsaturated/α-hetero) is 1. The number of aliphatic hydroxyl groups is 1. The van der Waals surface area contributed by atoms with Gasteiger partial charge < -0.3 is 44.4 Å². The largest absolute Gasteiger partial charge is 0.545 e. The third-order valence-electron chi connectivity index (χ3n) is 5.63. The Bertz CT molecular complexity index is 1120. The fourth-order valence-corrected chi connectivity index (χ4v) is 3.55. The van der Waals surface area contributed by atoms with Crippen LogP contribution in [0.1, 0.15) is 48.2 Å². The van der Waals surface area contributed by atoms with Crippen molar-refractivity contribution in [3.8, 4) is 17.2 Å². The van der Waals surface area contributed by atoms with Gasteiger partial charge in [0.15, 0.2) is 17.3 Å². The van der Waals surface area contributed by atoms with Crippen LogP contribution in [0.4, 0.5) is 0 Å². The van der Waals surface area contributed by atoms with Crippen molar-refractivity contribution in [3.05, 3.63) is 65.2 Å². The van der Waals surface area contributed by atoms with Crippen molar-refractivity contribution in [1.82, 2.24) is 0 Å². The van der Waals surface area contributed by atoms with Gasteiger partial charge in [-0.2, -0.15) is 0 Å². The molecular formula is C30H41NO10. The Labute approximate surface area is 240 Å². The number of nitrogens with two attached hydrogens (primary N) is 1. The number of quaternary nitrogens is 1. The Morgan fingerprint density at radius 3 is 2.29 bits per heavy atom. The first kappa shape index (κ1) is 35.1. The number of hydrogen-bond acceptors (Lipinski definition) is 9. The molecule has 1 atom stereocenters. The molecule has 1 unspecified atom stereocenters. The van der Waals surface area contributed by atoms with E-state index in [1.165, 1.54) is 0 Å². The standard InChI is InChI=1S/C26H37NO6.C4H4O4/c1-5-13-32-17-21-15-20(23(29)6-2)8-10-24(21)33-18-22(28)16-27-12-11-19-7-9-25(30-3)26(14-19)31-4;5-3(6)1-2-4(7)8/h7-10,14-15,22,27-28H,5-6,11-13,16-18H2,1-4H3;1-2H,(H,5,6)(H,7,8)/b;2-1+. The Morgan fingerprint density at radius 1 is 1.00 bits per heavy atom. The van der Waals surface area contributed by atoms with Crippen molar-refractivity contribution in [1.29, 1.82) is 0 Å². The summed E-state index contributed by atoms with van der Waals surface area (Å²) in [6, 6.07) is 11.3. The van der Waals surface area contributed by atoms with Gasteiger partial charge in [0.25, 0.3) is 0 Å². The number of benzene rings is 2. The predicted octanol–water partition coefficient (Wildman–Crippen LogP) is 1.15. The molecule has 0 heterocycles. The van der Waals surface area contributed by atoms with E-state index in [2.05, 4.69) is 5.32 Å². The van der Waals surface area contributed by atoms with Gasteiger partial charge in [-0.25, -0.2) is 4.79 Å². The first-order valence-electron chi connectivity index (χ1n) is 13.3. The molecule has 2 rings (SSSR count). The number of carbonyl (C=O) groups excluding carboxylic acids is 2. The second-order valence-corrected chi connectivity index (χ2v) is 8.86. The summed E-state index contributed by atoms with van der Waals surface area (Å²) in [6.07, 6.45) is 2.54. The summed E-state index contributed by atoms with van der Waals surface area (Å²) in [5.74, 6) is -0.648. The van der Waals surface area contributed by atoms with Crippen LogP contribution in [0, 0.1) is 0 Å². The van der Waals surface area contributed by atoms with E-state index in [9.17, 15) is 24.6 Å². The molecule has 11 heteroatoms. The van der Waals surface area contributed by atoms with Gasteiger partial charge >= 0.3 is 5.97 Å². The van der Waals surface area contributed by atoms with Gasteiger partial charge in [-0.1, -0.05) is 19.9 Å². The fraction of sp³-hybridized carbons (Fsp3) is 0.433. The van der Waals surface area contributed by atoms with Crippen molar-refractivity contribution in [2.75, 3.05) is 40.5 Å². The lowest BCUT2D eigenvalue weighted by molar-refractivity contribution is -0.660. The van der Waals surface area contributed by atoms with Crippen LogP contribution in [-0.4, -0.2) is 74.6 Å². The van der Waals surface area contributed by atoms with Crippen LogP contribution in [0.5, 0.6) is 17.2 Å². The van der Waals surface area contributed by atoms with Crippen LogP contribution in [0.3, 0.4) is 0 Å². The van der Waals surface area contributed by atoms with E-state index in [-0.39, 0.29) is 12.4 Å². The minimum Gasteiger partial charge on any atom is -0.545 e. The molecule has 0 aromatic heterocycles. The fourth-order valence-electron chi connectivity index (χ4n) is 3.55. The minimum atomic E-state index is -1.51. The van der Waals surface area contributed by atoms with E-state index in [1.807, 2.05) is 38.1 Å². The molecule has 41 heavy (non-hydrogen) atoms. The molecule has 0 saturated carbocycles. The van der Waals surface area contributed by atoms with Crippen molar-refractivity contribution in [2.24, 2.45) is 0 Å². The number of carboxylic acid groups (broad SMARTS) is 2. The molecule has 2 aromatic rings. The number of ketones is 1. The molecule has 0 aliphatic rings. The summed E-state index contributed by atoms with van der Waals surface area (Å²) in [5, 5.41) is 29.7. The molecule has 11 nitrogen and oxygen atoms in total. The van der Waals surface area contributed by atoms with Crippen LogP contribution in [0.15, 0.2) is 48.6 Å². The van der Waals surface area contributed by atoms with Crippen LogP contribution in [-0.2, 0) is 27.4 Å². The number of carbonyl (C=O) groups is 3. The molecule has 4 N–H and O–H groups in total. The van der Waals surface area contributed by atoms with Gasteiger partial charge in [-0.15, -0.1) is 0 Å². The molecule has 0 saturated heterocycles. The zero-order chi connectivity index (χ0) is 30.6. The van der Waals surface area contributed by atoms with Crippen molar-refractivity contribution in [2.45, 2.75) is 45.8 Å². The van der Waals surface area contributed by atoms with Gasteiger partial charge in [0.1, 0.15) is 25.0 Å². The minimum absolute atomic E-state index is 0.0856. The lowest BCUT2D eigenvalue weighted by Gasteiger charge is -2.16. The highest BCUT2D eigenvalue weighted by molar-refractivity contribution is 5.96. The van der Waals surface area contributed by atoms with E-state index in [4.69, 9.17) is 24.1 Å². The maximum Gasteiger partial charge on any atom is 0.328 e. The number of aliphatic hydroxyl groups excluding tert-OH is 1.